The number of nitroso groups, excluding NO2 is 1. The summed E-state index contributed by atoms with van der Waals surface area (Å²) in [7, 11) is 2.52. The van der Waals surface area contributed by atoms with Gasteiger partial charge in [-0.05, 0) is 57.1 Å². The third-order valence-electron chi connectivity index (χ3n) is 4.66. The number of esters is 3. The Morgan fingerprint density at radius 1 is 0.771 bits per heavy atom. The van der Waals surface area contributed by atoms with E-state index in [1.807, 2.05) is 0 Å². The number of ether oxygens (including phenoxy) is 4. The van der Waals surface area contributed by atoms with Crippen molar-refractivity contribution in [1.29, 1.82) is 0 Å². The van der Waals surface area contributed by atoms with Gasteiger partial charge >= 0.3 is 17.9 Å². The van der Waals surface area contributed by atoms with Crippen LogP contribution in [0.2, 0.25) is 0 Å². The van der Waals surface area contributed by atoms with Gasteiger partial charge in [0.2, 0.25) is 0 Å². The fourth-order valence-electron chi connectivity index (χ4n) is 3.11. The second-order valence-electron chi connectivity index (χ2n) is 7.01. The van der Waals surface area contributed by atoms with Crippen LogP contribution in [0.5, 0.6) is 11.5 Å². The summed E-state index contributed by atoms with van der Waals surface area (Å²) in [4.78, 5) is 58.1. The van der Waals surface area contributed by atoms with Gasteiger partial charge in [-0.1, -0.05) is 18.2 Å². The molecule has 3 rings (SSSR count). The minimum atomic E-state index is -0.913. The second-order valence-corrected chi connectivity index (χ2v) is 7.01. The number of hydrogen-bond acceptors (Lipinski definition) is 10. The molecule has 0 radical (unpaired) electrons. The smallest absolute Gasteiger partial charge is 0.336 e. The first-order valence-electron chi connectivity index (χ1n) is 10.1. The fourth-order valence-corrected chi connectivity index (χ4v) is 3.11. The topological polar surface area (TPSA) is 135 Å². The zero-order chi connectivity index (χ0) is 25.4. The first-order chi connectivity index (χ1) is 16.8. The van der Waals surface area contributed by atoms with E-state index in [2.05, 4.69) is 14.7 Å². The Labute approximate surface area is 198 Å². The number of rotatable bonds is 9. The predicted octanol–water partition coefficient (Wildman–Crippen LogP) is 3.70. The van der Waals surface area contributed by atoms with Crippen LogP contribution < -0.4 is 9.47 Å². The van der Waals surface area contributed by atoms with Crippen molar-refractivity contribution >= 4 is 50.9 Å². The number of ketones is 1. The molecule has 0 atom stereocenters. The molecule has 0 fully saturated rings. The molecule has 0 bridgehead atoms. The third-order valence-corrected chi connectivity index (χ3v) is 4.66. The number of benzene rings is 3. The number of carbonyl (C=O) groups is 4. The minimum Gasteiger partial charge on any atom is -0.466 e. The van der Waals surface area contributed by atoms with Crippen molar-refractivity contribution in [3.05, 3.63) is 71.7 Å². The monoisotopic (exact) mass is 477 g/mol. The van der Waals surface area contributed by atoms with Crippen molar-refractivity contribution in [3.63, 3.8) is 0 Å². The van der Waals surface area contributed by atoms with Gasteiger partial charge in [-0.15, -0.1) is 4.91 Å². The molecule has 0 heterocycles. The van der Waals surface area contributed by atoms with E-state index in [-0.39, 0.29) is 23.8 Å². The molecule has 0 aliphatic heterocycles. The van der Waals surface area contributed by atoms with Crippen LogP contribution in [-0.4, -0.2) is 44.5 Å². The van der Waals surface area contributed by atoms with Crippen molar-refractivity contribution in [2.75, 3.05) is 20.8 Å². The summed E-state index contributed by atoms with van der Waals surface area (Å²) in [6, 6.07) is 11.3. The van der Waals surface area contributed by atoms with E-state index >= 15 is 0 Å². The Balaban J connectivity index is 1.96. The number of hydrogen-bond donors (Lipinski definition) is 0. The van der Waals surface area contributed by atoms with E-state index in [4.69, 9.17) is 9.47 Å². The van der Waals surface area contributed by atoms with Gasteiger partial charge in [-0.3, -0.25) is 4.79 Å². The van der Waals surface area contributed by atoms with Crippen molar-refractivity contribution in [2.45, 2.75) is 0 Å². The van der Waals surface area contributed by atoms with E-state index in [0.29, 0.717) is 16.2 Å². The highest BCUT2D eigenvalue weighted by molar-refractivity contribution is 6.10. The van der Waals surface area contributed by atoms with E-state index in [9.17, 15) is 24.1 Å². The Morgan fingerprint density at radius 3 is 2.11 bits per heavy atom. The quantitative estimate of drug-likeness (QED) is 0.149. The van der Waals surface area contributed by atoms with Gasteiger partial charge in [0.05, 0.1) is 7.11 Å². The molecule has 0 spiro atoms. The number of fused-ring (bicyclic) bond motifs is 3. The van der Waals surface area contributed by atoms with Crippen LogP contribution in [0.15, 0.2) is 71.9 Å². The molecule has 0 amide bonds. The molecular formula is C25H19NO9. The van der Waals surface area contributed by atoms with Gasteiger partial charge in [0.15, 0.2) is 17.2 Å². The summed E-state index contributed by atoms with van der Waals surface area (Å²) in [5, 5.41) is 5.52. The highest BCUT2D eigenvalue weighted by Crippen LogP contribution is 2.37. The molecule has 0 saturated carbocycles. The lowest BCUT2D eigenvalue weighted by Gasteiger charge is -2.10. The first-order valence-corrected chi connectivity index (χ1v) is 10.1. The SMILES string of the molecule is COCC(=O)/C=C/C(=O)Oc1ccc2ccc3cc(N=O)c(OC(=O)/C=C/C(=O)OC)cc3c2c1. The average Bonchev–Trinajstić information content (AvgIpc) is 2.85. The highest BCUT2D eigenvalue weighted by atomic mass is 16.5. The van der Waals surface area contributed by atoms with E-state index in [0.717, 1.165) is 36.8 Å². The maximum absolute atomic E-state index is 12.1. The predicted molar refractivity (Wildman–Crippen MR) is 125 cm³/mol. The zero-order valence-corrected chi connectivity index (χ0v) is 18.7. The molecule has 35 heavy (non-hydrogen) atoms. The average molecular weight is 477 g/mol. The minimum absolute atomic E-state index is 0.120. The van der Waals surface area contributed by atoms with Gasteiger partial charge in [0, 0.05) is 25.3 Å². The number of methoxy groups -OCH3 is 2. The maximum Gasteiger partial charge on any atom is 0.336 e. The van der Waals surface area contributed by atoms with Crippen molar-refractivity contribution < 1.29 is 38.1 Å². The number of carbonyl (C=O) groups excluding carboxylic acids is 4. The second kappa shape index (κ2) is 11.4. The van der Waals surface area contributed by atoms with Crippen LogP contribution in [0, 0.1) is 4.91 Å². The van der Waals surface area contributed by atoms with Crippen LogP contribution in [0.4, 0.5) is 5.69 Å². The number of nitrogens with zero attached hydrogens (tertiary/aromatic N) is 1. The van der Waals surface area contributed by atoms with Gasteiger partial charge in [0.25, 0.3) is 0 Å². The Hall–Kier alpha value is -4.70. The molecule has 0 N–H and O–H groups in total. The first kappa shape index (κ1) is 24.9. The molecule has 0 unspecified atom stereocenters. The van der Waals surface area contributed by atoms with E-state index < -0.39 is 23.7 Å². The lowest BCUT2D eigenvalue weighted by Crippen LogP contribution is -2.07. The molecule has 3 aromatic carbocycles. The normalized spacial score (nSPS) is 11.1. The molecule has 10 nitrogen and oxygen atoms in total. The maximum atomic E-state index is 12.1. The summed E-state index contributed by atoms with van der Waals surface area (Å²) in [6.07, 6.45) is 3.79. The Morgan fingerprint density at radius 2 is 1.40 bits per heavy atom. The van der Waals surface area contributed by atoms with Gasteiger partial charge in [0.1, 0.15) is 12.4 Å². The van der Waals surface area contributed by atoms with Crippen LogP contribution in [0.3, 0.4) is 0 Å². The van der Waals surface area contributed by atoms with Crippen molar-refractivity contribution in [2.24, 2.45) is 5.18 Å². The Bertz CT molecular complexity index is 1390. The van der Waals surface area contributed by atoms with Crippen LogP contribution in [0.25, 0.3) is 21.5 Å². The molecule has 178 valence electrons. The lowest BCUT2D eigenvalue weighted by molar-refractivity contribution is -0.135. The Kier molecular flexibility index (Phi) is 8.15. The molecule has 0 aromatic heterocycles. The molecule has 0 saturated heterocycles. The van der Waals surface area contributed by atoms with Crippen LogP contribution >= 0.6 is 0 Å². The molecule has 0 aliphatic carbocycles. The largest absolute Gasteiger partial charge is 0.466 e. The molecule has 3 aromatic rings. The highest BCUT2D eigenvalue weighted by Gasteiger charge is 2.13. The fraction of sp³-hybridized carbons (Fsp3) is 0.120. The van der Waals surface area contributed by atoms with E-state index in [1.54, 1.807) is 30.3 Å². The van der Waals surface area contributed by atoms with E-state index in [1.165, 1.54) is 19.2 Å². The molecule has 10 heteroatoms. The summed E-state index contributed by atoms with van der Waals surface area (Å²) < 4.78 is 19.6. The third kappa shape index (κ3) is 6.42. The molecular weight excluding hydrogens is 458 g/mol. The van der Waals surface area contributed by atoms with Gasteiger partial charge in [-0.25, -0.2) is 14.4 Å². The van der Waals surface area contributed by atoms with Gasteiger partial charge in [-0.2, -0.15) is 0 Å². The molecule has 0 aliphatic rings. The van der Waals surface area contributed by atoms with Gasteiger partial charge < -0.3 is 18.9 Å². The lowest BCUT2D eigenvalue weighted by atomic mass is 10.0. The standard InChI is InChI=1S/C25H19NO9/c1-32-14-17(27)6-8-24(29)34-18-7-5-15-3-4-16-11-21(26-31)22(13-20(16)19(15)12-18)35-25(30)10-9-23(28)33-2/h3-13H,14H2,1-2H3/b8-6+,10-9+. The summed E-state index contributed by atoms with van der Waals surface area (Å²) in [5.74, 6) is -2.73. The van der Waals surface area contributed by atoms with Crippen molar-refractivity contribution in [3.8, 4) is 11.5 Å². The zero-order valence-electron chi connectivity index (χ0n) is 18.7. The van der Waals surface area contributed by atoms with Crippen molar-refractivity contribution in [1.82, 2.24) is 0 Å². The summed E-state index contributed by atoms with van der Waals surface area (Å²) >= 11 is 0. The van der Waals surface area contributed by atoms with Crippen LogP contribution in [0.1, 0.15) is 0 Å². The van der Waals surface area contributed by atoms with Crippen LogP contribution in [-0.2, 0) is 28.7 Å². The summed E-state index contributed by atoms with van der Waals surface area (Å²) in [5.41, 5.74) is -0.120. The summed E-state index contributed by atoms with van der Waals surface area (Å²) in [6.45, 7) is -0.158.